The maximum atomic E-state index is 11.8. The molecule has 2 aromatic rings. The van der Waals surface area contributed by atoms with Crippen LogP contribution in [0.15, 0.2) is 17.5 Å². The number of anilines is 3. The number of thiophene rings is 1. The van der Waals surface area contributed by atoms with Crippen LogP contribution < -0.4 is 20.4 Å². The molecule has 0 aliphatic rings. The van der Waals surface area contributed by atoms with Crippen LogP contribution in [0, 0.1) is 0 Å². The summed E-state index contributed by atoms with van der Waals surface area (Å²) in [6.07, 6.45) is 0. The number of hydrogen-bond acceptors (Lipinski definition) is 7. The van der Waals surface area contributed by atoms with Crippen molar-refractivity contribution in [3.8, 4) is 0 Å². The van der Waals surface area contributed by atoms with Gasteiger partial charge in [0.05, 0.1) is 11.5 Å². The Morgan fingerprint density at radius 1 is 1.14 bits per heavy atom. The Bertz CT molecular complexity index is 601. The Hall–Kier alpha value is -2.42. The maximum absolute atomic E-state index is 11.8. The minimum Gasteiger partial charge on any atom is -0.347 e. The van der Waals surface area contributed by atoms with Gasteiger partial charge >= 0.3 is 6.03 Å². The first-order valence-corrected chi connectivity index (χ1v) is 7.51. The molecule has 9 heteroatoms. The molecule has 0 bridgehead atoms. The van der Waals surface area contributed by atoms with Gasteiger partial charge in [0.15, 0.2) is 5.82 Å². The quantitative estimate of drug-likeness (QED) is 0.865. The lowest BCUT2D eigenvalue weighted by Crippen LogP contribution is -2.29. The van der Waals surface area contributed by atoms with E-state index in [1.807, 2.05) is 45.7 Å². The first kappa shape index (κ1) is 16.0. The summed E-state index contributed by atoms with van der Waals surface area (Å²) in [5.74, 6) is 1.60. The van der Waals surface area contributed by atoms with E-state index >= 15 is 0 Å². The molecule has 2 heterocycles. The number of hydrogen-bond donors (Lipinski definition) is 2. The van der Waals surface area contributed by atoms with Crippen LogP contribution in [0.1, 0.15) is 5.82 Å². The number of carbonyl (C=O) groups is 1. The van der Waals surface area contributed by atoms with Gasteiger partial charge in [0, 0.05) is 28.2 Å². The van der Waals surface area contributed by atoms with Gasteiger partial charge in [0.25, 0.3) is 0 Å². The van der Waals surface area contributed by atoms with E-state index in [2.05, 4.69) is 25.6 Å². The monoisotopic (exact) mass is 321 g/mol. The second-order valence-corrected chi connectivity index (χ2v) is 5.87. The molecular formula is C13H19N7OS. The van der Waals surface area contributed by atoms with E-state index in [-0.39, 0.29) is 12.6 Å². The average Bonchev–Trinajstić information content (AvgIpc) is 2.97. The van der Waals surface area contributed by atoms with Crippen molar-refractivity contribution in [2.45, 2.75) is 6.54 Å². The van der Waals surface area contributed by atoms with Gasteiger partial charge in [0.1, 0.15) is 0 Å². The number of rotatable bonds is 5. The maximum Gasteiger partial charge on any atom is 0.320 e. The molecule has 0 aliphatic carbocycles. The zero-order valence-corrected chi connectivity index (χ0v) is 13.8. The number of nitrogens with zero attached hydrogens (tertiary/aromatic N) is 5. The number of urea groups is 1. The average molecular weight is 321 g/mol. The SMILES string of the molecule is CN(C)c1nc(CNC(=O)Nc2cccs2)nc(N(C)C)n1. The van der Waals surface area contributed by atoms with E-state index in [1.54, 1.807) is 9.80 Å². The summed E-state index contributed by atoms with van der Waals surface area (Å²) in [4.78, 5) is 28.4. The molecular weight excluding hydrogens is 302 g/mol. The minimum atomic E-state index is -0.291. The highest BCUT2D eigenvalue weighted by molar-refractivity contribution is 7.14. The molecule has 0 saturated heterocycles. The van der Waals surface area contributed by atoms with Crippen molar-refractivity contribution in [1.29, 1.82) is 0 Å². The van der Waals surface area contributed by atoms with E-state index in [4.69, 9.17) is 0 Å². The van der Waals surface area contributed by atoms with Crippen LogP contribution in [0.5, 0.6) is 0 Å². The lowest BCUT2D eigenvalue weighted by atomic mass is 10.5. The molecule has 2 aromatic heterocycles. The van der Waals surface area contributed by atoms with Crippen LogP contribution >= 0.6 is 11.3 Å². The van der Waals surface area contributed by atoms with Crippen LogP contribution in [0.4, 0.5) is 21.7 Å². The standard InChI is InChI=1S/C13H19N7OS/c1-19(2)11-15-9(16-12(18-11)20(3)4)8-14-13(21)17-10-6-5-7-22-10/h5-7H,8H2,1-4H3,(H2,14,17,21). The summed E-state index contributed by atoms with van der Waals surface area (Å²) in [5, 5.41) is 8.16. The number of nitrogens with one attached hydrogen (secondary N) is 2. The second-order valence-electron chi connectivity index (χ2n) is 4.93. The van der Waals surface area contributed by atoms with Gasteiger partial charge in [-0.1, -0.05) is 0 Å². The Kier molecular flexibility index (Phi) is 5.10. The Morgan fingerprint density at radius 2 is 1.77 bits per heavy atom. The third kappa shape index (κ3) is 4.29. The first-order chi connectivity index (χ1) is 10.5. The summed E-state index contributed by atoms with van der Waals surface area (Å²) < 4.78 is 0. The second kappa shape index (κ2) is 7.03. The number of aromatic nitrogens is 3. The lowest BCUT2D eigenvalue weighted by molar-refractivity contribution is 0.251. The van der Waals surface area contributed by atoms with Crippen molar-refractivity contribution in [3.05, 3.63) is 23.3 Å². The molecule has 2 amide bonds. The zero-order valence-electron chi connectivity index (χ0n) is 13.0. The largest absolute Gasteiger partial charge is 0.347 e. The molecule has 0 aliphatic heterocycles. The van der Waals surface area contributed by atoms with Crippen LogP contribution in [-0.4, -0.2) is 49.2 Å². The molecule has 2 rings (SSSR count). The topological polar surface area (TPSA) is 86.3 Å². The molecule has 0 unspecified atom stereocenters. The van der Waals surface area contributed by atoms with Crippen molar-refractivity contribution in [3.63, 3.8) is 0 Å². The summed E-state index contributed by atoms with van der Waals surface area (Å²) in [5.41, 5.74) is 0. The van der Waals surface area contributed by atoms with Gasteiger partial charge < -0.3 is 15.1 Å². The molecule has 0 atom stereocenters. The van der Waals surface area contributed by atoms with Crippen molar-refractivity contribution in [1.82, 2.24) is 20.3 Å². The highest BCUT2D eigenvalue weighted by atomic mass is 32.1. The van der Waals surface area contributed by atoms with E-state index in [9.17, 15) is 4.79 Å². The third-order valence-electron chi connectivity index (χ3n) is 2.62. The van der Waals surface area contributed by atoms with Gasteiger partial charge in [0.2, 0.25) is 11.9 Å². The smallest absolute Gasteiger partial charge is 0.320 e. The molecule has 0 saturated carbocycles. The van der Waals surface area contributed by atoms with Crippen LogP contribution in [0.2, 0.25) is 0 Å². The van der Waals surface area contributed by atoms with E-state index in [1.165, 1.54) is 11.3 Å². The predicted octanol–water partition coefficient (Wildman–Crippen LogP) is 1.39. The summed E-state index contributed by atoms with van der Waals surface area (Å²) >= 11 is 1.46. The van der Waals surface area contributed by atoms with Crippen molar-refractivity contribution in [2.24, 2.45) is 0 Å². The van der Waals surface area contributed by atoms with Gasteiger partial charge in [-0.3, -0.25) is 5.32 Å². The molecule has 22 heavy (non-hydrogen) atoms. The molecule has 118 valence electrons. The fraction of sp³-hybridized carbons (Fsp3) is 0.385. The first-order valence-electron chi connectivity index (χ1n) is 6.63. The van der Waals surface area contributed by atoms with Crippen molar-refractivity contribution < 1.29 is 4.79 Å². The van der Waals surface area contributed by atoms with E-state index < -0.39 is 0 Å². The fourth-order valence-corrected chi connectivity index (χ4v) is 2.15. The molecule has 2 N–H and O–H groups in total. The summed E-state index contributed by atoms with van der Waals surface area (Å²) in [6.45, 7) is 0.224. The molecule has 0 spiro atoms. The number of amides is 2. The Labute approximate surface area is 133 Å². The predicted molar refractivity (Wildman–Crippen MR) is 88.7 cm³/mol. The number of carbonyl (C=O) groups excluding carboxylic acids is 1. The molecule has 0 aromatic carbocycles. The summed E-state index contributed by atoms with van der Waals surface area (Å²) in [6, 6.07) is 3.42. The molecule has 8 nitrogen and oxygen atoms in total. The van der Waals surface area contributed by atoms with Crippen LogP contribution in [0.25, 0.3) is 0 Å². The highest BCUT2D eigenvalue weighted by Crippen LogP contribution is 2.14. The Balaban J connectivity index is 2.03. The van der Waals surface area contributed by atoms with Crippen molar-refractivity contribution in [2.75, 3.05) is 43.3 Å². The van der Waals surface area contributed by atoms with Gasteiger partial charge in [-0.25, -0.2) is 4.79 Å². The molecule has 0 fully saturated rings. The normalized spacial score (nSPS) is 10.2. The minimum absolute atomic E-state index is 0.224. The summed E-state index contributed by atoms with van der Waals surface area (Å²) in [7, 11) is 7.43. The van der Waals surface area contributed by atoms with Crippen molar-refractivity contribution >= 4 is 34.3 Å². The zero-order chi connectivity index (χ0) is 16.1. The van der Waals surface area contributed by atoms with E-state index in [0.29, 0.717) is 17.7 Å². The van der Waals surface area contributed by atoms with E-state index in [0.717, 1.165) is 5.00 Å². The van der Waals surface area contributed by atoms with Crippen LogP contribution in [0.3, 0.4) is 0 Å². The van der Waals surface area contributed by atoms with Crippen LogP contribution in [-0.2, 0) is 6.54 Å². The fourth-order valence-electron chi connectivity index (χ4n) is 1.54. The molecule has 0 radical (unpaired) electrons. The van der Waals surface area contributed by atoms with Gasteiger partial charge in [-0.2, -0.15) is 15.0 Å². The highest BCUT2D eigenvalue weighted by Gasteiger charge is 2.10. The third-order valence-corrected chi connectivity index (χ3v) is 3.41. The van der Waals surface area contributed by atoms with Gasteiger partial charge in [-0.15, -0.1) is 11.3 Å². The van der Waals surface area contributed by atoms with Gasteiger partial charge in [-0.05, 0) is 17.5 Å². The lowest BCUT2D eigenvalue weighted by Gasteiger charge is -2.16. The Morgan fingerprint density at radius 3 is 2.27 bits per heavy atom.